The lowest BCUT2D eigenvalue weighted by atomic mass is 10.0. The molecule has 4 atom stereocenters. The van der Waals surface area contributed by atoms with Gasteiger partial charge in [-0.2, -0.15) is 0 Å². The van der Waals surface area contributed by atoms with Gasteiger partial charge in [0.1, 0.15) is 6.10 Å². The molecule has 0 spiro atoms. The van der Waals surface area contributed by atoms with Crippen LogP contribution in [0.5, 0.6) is 0 Å². The molecular formula is C30H41NO9. The van der Waals surface area contributed by atoms with Crippen molar-refractivity contribution in [2.24, 2.45) is 0 Å². The van der Waals surface area contributed by atoms with Crippen molar-refractivity contribution in [2.75, 3.05) is 13.7 Å². The minimum Gasteiger partial charge on any atom is -0.451 e. The molecule has 1 saturated heterocycles. The number of ether oxygens (including phenoxy) is 3. The fourth-order valence-corrected chi connectivity index (χ4v) is 4.61. The fraction of sp³-hybridized carbons (Fsp3) is 0.567. The number of aliphatic hydroxyl groups excluding tert-OH is 1. The summed E-state index contributed by atoms with van der Waals surface area (Å²) in [5.41, 5.74) is 0.694. The number of methoxy groups -OCH3 is 1. The summed E-state index contributed by atoms with van der Waals surface area (Å²) in [6.45, 7) is 2.94. The second-order valence-electron chi connectivity index (χ2n) is 9.85. The van der Waals surface area contributed by atoms with E-state index in [2.05, 4.69) is 0 Å². The minimum atomic E-state index is -1.69. The molecule has 1 aromatic carbocycles. The van der Waals surface area contributed by atoms with Gasteiger partial charge in [-0.15, -0.1) is 0 Å². The zero-order valence-corrected chi connectivity index (χ0v) is 23.6. The molecule has 1 aliphatic heterocycles. The van der Waals surface area contributed by atoms with Gasteiger partial charge in [0.05, 0.1) is 6.04 Å². The number of cyclic esters (lactones) is 1. The van der Waals surface area contributed by atoms with Gasteiger partial charge in [0.25, 0.3) is 5.91 Å². The molecule has 10 heteroatoms. The molecule has 0 bridgehead atoms. The van der Waals surface area contributed by atoms with Crippen LogP contribution in [0.15, 0.2) is 42.5 Å². The first-order valence-corrected chi connectivity index (χ1v) is 13.9. The highest BCUT2D eigenvalue weighted by molar-refractivity contribution is 6.05. The lowest BCUT2D eigenvalue weighted by Gasteiger charge is -2.27. The van der Waals surface area contributed by atoms with Crippen molar-refractivity contribution in [3.8, 4) is 0 Å². The number of hydrogen-bond donors (Lipinski definition) is 1. The van der Waals surface area contributed by atoms with Gasteiger partial charge >= 0.3 is 12.1 Å². The van der Waals surface area contributed by atoms with Crippen LogP contribution in [-0.4, -0.2) is 71.5 Å². The van der Waals surface area contributed by atoms with Crippen molar-refractivity contribution < 1.29 is 43.3 Å². The molecule has 4 unspecified atom stereocenters. The average molecular weight is 560 g/mol. The Balaban J connectivity index is 1.98. The number of aliphatic hydroxyl groups is 1. The molecule has 2 amide bonds. The molecule has 10 nitrogen and oxygen atoms in total. The summed E-state index contributed by atoms with van der Waals surface area (Å²) >= 11 is 0. The van der Waals surface area contributed by atoms with Crippen LogP contribution >= 0.6 is 0 Å². The van der Waals surface area contributed by atoms with Gasteiger partial charge in [-0.3, -0.25) is 19.2 Å². The van der Waals surface area contributed by atoms with Crippen molar-refractivity contribution >= 4 is 29.5 Å². The zero-order valence-electron chi connectivity index (χ0n) is 23.6. The van der Waals surface area contributed by atoms with Crippen LogP contribution in [0.1, 0.15) is 83.3 Å². The van der Waals surface area contributed by atoms with Gasteiger partial charge in [0.15, 0.2) is 23.8 Å². The molecule has 1 aromatic rings. The molecule has 2 rings (SSSR count). The number of allylic oxidation sites excluding steroid dienone is 1. The first kappa shape index (κ1) is 32.8. The van der Waals surface area contributed by atoms with Gasteiger partial charge in [-0.05, 0) is 37.5 Å². The number of carbonyl (C=O) groups is 5. The van der Waals surface area contributed by atoms with Gasteiger partial charge in [0, 0.05) is 27.1 Å². The molecule has 0 aliphatic carbocycles. The normalized spacial score (nSPS) is 18.4. The summed E-state index contributed by atoms with van der Waals surface area (Å²) in [5, 5.41) is 8.79. The molecule has 40 heavy (non-hydrogen) atoms. The van der Waals surface area contributed by atoms with Gasteiger partial charge in [-0.25, -0.2) is 9.69 Å². The smallest absolute Gasteiger partial charge is 0.417 e. The van der Waals surface area contributed by atoms with Crippen LogP contribution in [0.2, 0.25) is 0 Å². The molecule has 1 aliphatic rings. The second kappa shape index (κ2) is 17.3. The molecular weight excluding hydrogens is 518 g/mol. The summed E-state index contributed by atoms with van der Waals surface area (Å²) in [6.07, 6.45) is 5.08. The maximum atomic E-state index is 13.4. The van der Waals surface area contributed by atoms with Crippen LogP contribution in [0.3, 0.4) is 0 Å². The SMILES string of the molecule is COC(C(=O)N1C(=O)OC(c2ccccc2)C1C)C(OC(C)=O)C(=O)C=CC(=O)CCCCCCCCCCO. The predicted octanol–water partition coefficient (Wildman–Crippen LogP) is 4.24. The van der Waals surface area contributed by atoms with E-state index in [1.807, 2.05) is 6.07 Å². The Kier molecular flexibility index (Phi) is 14.2. The number of ketones is 2. The van der Waals surface area contributed by atoms with Crippen molar-refractivity contribution in [1.82, 2.24) is 4.90 Å². The van der Waals surface area contributed by atoms with E-state index in [0.29, 0.717) is 12.0 Å². The van der Waals surface area contributed by atoms with Crippen molar-refractivity contribution in [3.63, 3.8) is 0 Å². The van der Waals surface area contributed by atoms with Crippen LogP contribution in [0, 0.1) is 0 Å². The number of esters is 1. The van der Waals surface area contributed by atoms with Gasteiger partial charge < -0.3 is 19.3 Å². The van der Waals surface area contributed by atoms with E-state index in [1.54, 1.807) is 31.2 Å². The van der Waals surface area contributed by atoms with Crippen molar-refractivity contribution in [2.45, 2.75) is 96.0 Å². The summed E-state index contributed by atoms with van der Waals surface area (Å²) in [4.78, 5) is 64.0. The second-order valence-corrected chi connectivity index (χ2v) is 9.85. The van der Waals surface area contributed by atoms with Crippen LogP contribution < -0.4 is 0 Å². The number of nitrogens with zero attached hydrogens (tertiary/aromatic N) is 1. The lowest BCUT2D eigenvalue weighted by Crippen LogP contribution is -2.52. The lowest BCUT2D eigenvalue weighted by molar-refractivity contribution is -0.166. The number of benzene rings is 1. The minimum absolute atomic E-state index is 0.226. The molecule has 1 fully saturated rings. The van der Waals surface area contributed by atoms with E-state index in [1.165, 1.54) is 0 Å². The standard InChI is InChI=1S/C30H41NO9/c1-21-26(23-15-11-10-12-16-23)40-30(37)31(21)29(36)28(38-3)27(39-22(2)33)25(35)19-18-24(34)17-13-8-6-4-5-7-9-14-20-32/h10-12,15-16,18-19,21,26-28,32H,4-9,13-14,17,20H2,1-3H3. The maximum Gasteiger partial charge on any atom is 0.417 e. The first-order chi connectivity index (χ1) is 19.2. The van der Waals surface area contributed by atoms with Crippen LogP contribution in [-0.2, 0) is 33.4 Å². The third kappa shape index (κ3) is 9.98. The Labute approximate surface area is 235 Å². The Hall–Kier alpha value is -3.37. The fourth-order valence-electron chi connectivity index (χ4n) is 4.61. The summed E-state index contributed by atoms with van der Waals surface area (Å²) < 4.78 is 15.8. The average Bonchev–Trinajstić information content (AvgIpc) is 3.24. The number of imide groups is 1. The van der Waals surface area contributed by atoms with Gasteiger partial charge in [-0.1, -0.05) is 68.9 Å². The summed E-state index contributed by atoms with van der Waals surface area (Å²) in [7, 11) is 1.16. The Bertz CT molecular complexity index is 1020. The molecule has 0 saturated carbocycles. The summed E-state index contributed by atoms with van der Waals surface area (Å²) in [5.74, 6) is -2.80. The third-order valence-electron chi connectivity index (χ3n) is 6.75. The van der Waals surface area contributed by atoms with Crippen LogP contribution in [0.4, 0.5) is 4.79 Å². The van der Waals surface area contributed by atoms with E-state index in [-0.39, 0.29) is 18.8 Å². The number of carbonyl (C=O) groups excluding carboxylic acids is 5. The van der Waals surface area contributed by atoms with Crippen molar-refractivity contribution in [1.29, 1.82) is 0 Å². The van der Waals surface area contributed by atoms with E-state index >= 15 is 0 Å². The Morgan fingerprint density at radius 3 is 2.12 bits per heavy atom. The molecule has 220 valence electrons. The highest BCUT2D eigenvalue weighted by atomic mass is 16.6. The Morgan fingerprint density at radius 2 is 1.55 bits per heavy atom. The van der Waals surface area contributed by atoms with Gasteiger partial charge in [0.2, 0.25) is 0 Å². The molecule has 0 aromatic heterocycles. The quantitative estimate of drug-likeness (QED) is 0.159. The molecule has 1 N–H and O–H groups in total. The summed E-state index contributed by atoms with van der Waals surface area (Å²) in [6, 6.07) is 8.19. The maximum absolute atomic E-state index is 13.4. The zero-order chi connectivity index (χ0) is 29.5. The number of amides is 2. The molecule has 0 radical (unpaired) electrons. The topological polar surface area (TPSA) is 137 Å². The van der Waals surface area contributed by atoms with Crippen LogP contribution in [0.25, 0.3) is 0 Å². The van der Waals surface area contributed by atoms with E-state index in [4.69, 9.17) is 19.3 Å². The Morgan fingerprint density at radius 1 is 0.950 bits per heavy atom. The highest BCUT2D eigenvalue weighted by Crippen LogP contribution is 2.33. The monoisotopic (exact) mass is 559 g/mol. The predicted molar refractivity (Wildman–Crippen MR) is 146 cm³/mol. The third-order valence-corrected chi connectivity index (χ3v) is 6.75. The number of rotatable bonds is 18. The largest absolute Gasteiger partial charge is 0.451 e. The highest BCUT2D eigenvalue weighted by Gasteiger charge is 2.48. The van der Waals surface area contributed by atoms with E-state index in [9.17, 15) is 24.0 Å². The number of unbranched alkanes of at least 4 members (excludes halogenated alkanes) is 7. The van der Waals surface area contributed by atoms with E-state index < -0.39 is 48.1 Å². The first-order valence-electron chi connectivity index (χ1n) is 13.9. The number of hydrogen-bond acceptors (Lipinski definition) is 9. The van der Waals surface area contributed by atoms with Crippen molar-refractivity contribution in [3.05, 3.63) is 48.0 Å². The van der Waals surface area contributed by atoms with E-state index in [0.717, 1.165) is 76.0 Å². The molecule has 1 heterocycles.